The Morgan fingerprint density at radius 2 is 1.71 bits per heavy atom. The molecule has 0 spiro atoms. The van der Waals surface area contributed by atoms with Crippen LogP contribution in [0.5, 0.6) is 5.75 Å². The summed E-state index contributed by atoms with van der Waals surface area (Å²) in [5.74, 6) is -0.649. The molecule has 1 aliphatic heterocycles. The molecule has 0 saturated carbocycles. The van der Waals surface area contributed by atoms with Crippen molar-refractivity contribution in [3.63, 3.8) is 0 Å². The number of aliphatic hydroxyl groups excluding tert-OH is 1. The molecule has 1 atom stereocenters. The molecule has 41 heavy (non-hydrogen) atoms. The lowest BCUT2D eigenvalue weighted by atomic mass is 9.85. The normalized spacial score (nSPS) is 17.2. The number of ether oxygens (including phenoxy) is 1. The number of fused-ring (bicyclic) bond motifs is 1. The molecule has 2 heterocycles. The minimum absolute atomic E-state index is 0.0260. The van der Waals surface area contributed by atoms with Gasteiger partial charge < -0.3 is 14.8 Å². The van der Waals surface area contributed by atoms with Gasteiger partial charge in [0.05, 0.1) is 29.8 Å². The lowest BCUT2D eigenvalue weighted by Crippen LogP contribution is -2.30. The van der Waals surface area contributed by atoms with Crippen LogP contribution in [0.1, 0.15) is 80.0 Å². The number of carbonyl (C=O) groups is 2. The van der Waals surface area contributed by atoms with Crippen LogP contribution in [0.4, 0.5) is 5.95 Å². The number of nitrogens with one attached hydrogen (secondary N) is 1. The zero-order valence-electron chi connectivity index (χ0n) is 24.9. The van der Waals surface area contributed by atoms with Gasteiger partial charge in [0.15, 0.2) is 0 Å². The maximum absolute atomic E-state index is 13.8. The van der Waals surface area contributed by atoms with Crippen molar-refractivity contribution in [2.45, 2.75) is 65.8 Å². The molecule has 1 aromatic heterocycles. The van der Waals surface area contributed by atoms with Gasteiger partial charge in [0, 0.05) is 5.56 Å². The number of ketones is 1. The average molecular weight is 552 g/mol. The first-order valence-corrected chi connectivity index (χ1v) is 13.9. The van der Waals surface area contributed by atoms with Gasteiger partial charge in [-0.2, -0.15) is 0 Å². The number of nitrogens with zero attached hydrogens (tertiary/aromatic N) is 2. The van der Waals surface area contributed by atoms with E-state index >= 15 is 0 Å². The lowest BCUT2D eigenvalue weighted by molar-refractivity contribution is -0.132. The van der Waals surface area contributed by atoms with E-state index in [1.54, 1.807) is 7.11 Å². The van der Waals surface area contributed by atoms with Crippen molar-refractivity contribution in [1.82, 2.24) is 9.97 Å². The number of aliphatic hydroxyl groups is 1. The highest BCUT2D eigenvalue weighted by Crippen LogP contribution is 2.43. The smallest absolute Gasteiger partial charge is 0.302 e. The maximum Gasteiger partial charge on any atom is 0.302 e. The number of methoxy groups -OCH3 is 1. The molecule has 1 amide bonds. The highest BCUT2D eigenvalue weighted by atomic mass is 16.5. The minimum Gasteiger partial charge on any atom is -0.507 e. The molecule has 5 rings (SSSR count). The van der Waals surface area contributed by atoms with Crippen LogP contribution >= 0.6 is 0 Å². The monoisotopic (exact) mass is 551 g/mol. The second-order valence-corrected chi connectivity index (χ2v) is 12.2. The molecular formula is C34H37N3O4. The van der Waals surface area contributed by atoms with Crippen LogP contribution in [0, 0.1) is 13.8 Å². The van der Waals surface area contributed by atoms with Gasteiger partial charge in [-0.05, 0) is 77.3 Å². The third-order valence-corrected chi connectivity index (χ3v) is 7.84. The van der Waals surface area contributed by atoms with E-state index in [0.717, 1.165) is 27.8 Å². The largest absolute Gasteiger partial charge is 0.507 e. The van der Waals surface area contributed by atoms with Gasteiger partial charge in [-0.25, -0.2) is 4.98 Å². The third kappa shape index (κ3) is 4.90. The van der Waals surface area contributed by atoms with E-state index in [-0.39, 0.29) is 28.6 Å². The van der Waals surface area contributed by atoms with Gasteiger partial charge in [-0.15, -0.1) is 0 Å². The number of rotatable bonds is 5. The summed E-state index contributed by atoms with van der Waals surface area (Å²) in [6.45, 7) is 14.3. The second-order valence-electron chi connectivity index (χ2n) is 12.2. The zero-order valence-corrected chi connectivity index (χ0v) is 24.9. The molecule has 7 heteroatoms. The van der Waals surface area contributed by atoms with Gasteiger partial charge in [-0.3, -0.25) is 14.5 Å². The molecule has 0 bridgehead atoms. The first-order valence-electron chi connectivity index (χ1n) is 13.9. The van der Waals surface area contributed by atoms with Crippen LogP contribution < -0.4 is 9.64 Å². The molecule has 0 aliphatic carbocycles. The Balaban J connectivity index is 1.75. The number of amides is 1. The Morgan fingerprint density at radius 3 is 2.32 bits per heavy atom. The maximum atomic E-state index is 13.8. The van der Waals surface area contributed by atoms with Crippen molar-refractivity contribution in [2.75, 3.05) is 12.0 Å². The molecule has 2 N–H and O–H groups in total. The quantitative estimate of drug-likeness (QED) is 0.155. The number of aryl methyl sites for hydroxylation is 2. The molecular weight excluding hydrogens is 514 g/mol. The van der Waals surface area contributed by atoms with Crippen LogP contribution in [-0.2, 0) is 15.0 Å². The van der Waals surface area contributed by atoms with Crippen LogP contribution in [0.2, 0.25) is 0 Å². The summed E-state index contributed by atoms with van der Waals surface area (Å²) in [5, 5.41) is 11.8. The first-order chi connectivity index (χ1) is 19.3. The minimum atomic E-state index is -0.880. The van der Waals surface area contributed by atoms with Gasteiger partial charge in [0.25, 0.3) is 5.78 Å². The van der Waals surface area contributed by atoms with Crippen molar-refractivity contribution in [2.24, 2.45) is 0 Å². The van der Waals surface area contributed by atoms with Crippen molar-refractivity contribution < 1.29 is 19.4 Å². The van der Waals surface area contributed by atoms with Crippen molar-refractivity contribution in [3.8, 4) is 5.75 Å². The number of aromatic amines is 1. The summed E-state index contributed by atoms with van der Waals surface area (Å²) in [4.78, 5) is 36.8. The summed E-state index contributed by atoms with van der Waals surface area (Å²) >= 11 is 0. The predicted octanol–water partition coefficient (Wildman–Crippen LogP) is 7.24. The molecule has 1 unspecified atom stereocenters. The fourth-order valence-electron chi connectivity index (χ4n) is 5.48. The number of Topliss-reactive ketones (excluding diaryl/α,β-unsaturated/α-hetero) is 1. The Bertz CT molecular complexity index is 1700. The molecule has 1 aliphatic rings. The number of benzene rings is 3. The fourth-order valence-corrected chi connectivity index (χ4v) is 5.48. The summed E-state index contributed by atoms with van der Waals surface area (Å²) in [6.07, 6.45) is 0. The molecule has 4 aromatic rings. The van der Waals surface area contributed by atoms with E-state index in [1.165, 1.54) is 4.90 Å². The number of H-pyrrole nitrogens is 1. The third-order valence-electron chi connectivity index (χ3n) is 7.84. The molecule has 0 radical (unpaired) electrons. The number of imidazole rings is 1. The summed E-state index contributed by atoms with van der Waals surface area (Å²) in [7, 11) is 1.61. The fraction of sp³-hybridized carbons (Fsp3) is 0.324. The molecule has 212 valence electrons. The highest BCUT2D eigenvalue weighted by molar-refractivity contribution is 6.51. The second kappa shape index (κ2) is 10.2. The van der Waals surface area contributed by atoms with E-state index in [2.05, 4.69) is 30.7 Å². The lowest BCUT2D eigenvalue weighted by Gasteiger charge is -2.25. The van der Waals surface area contributed by atoms with Gasteiger partial charge in [0.1, 0.15) is 11.5 Å². The van der Waals surface area contributed by atoms with Crippen LogP contribution in [0.15, 0.2) is 60.2 Å². The van der Waals surface area contributed by atoms with Gasteiger partial charge >= 0.3 is 5.91 Å². The molecule has 1 saturated heterocycles. The van der Waals surface area contributed by atoms with E-state index in [4.69, 9.17) is 4.74 Å². The Morgan fingerprint density at radius 1 is 1.02 bits per heavy atom. The Labute approximate surface area is 240 Å². The summed E-state index contributed by atoms with van der Waals surface area (Å²) < 4.78 is 5.59. The first kappa shape index (κ1) is 28.1. The number of anilines is 1. The van der Waals surface area contributed by atoms with Crippen molar-refractivity contribution >= 4 is 34.4 Å². The van der Waals surface area contributed by atoms with E-state index in [0.29, 0.717) is 22.4 Å². The standard InChI is InChI=1S/C34H37N3O4/c1-18(2)23-17-24(20(4)16-27(23)41-8)30(38)28-29(21-10-12-22(13-11-21)34(5,6)7)37(32(40)31(28)39)33-35-25-14-9-19(3)15-26(25)36-33/h9-18,29,38H,1-8H3,(H,35,36)/b30-28+. The van der Waals surface area contributed by atoms with Crippen molar-refractivity contribution in [3.05, 3.63) is 93.6 Å². The van der Waals surface area contributed by atoms with Crippen LogP contribution in [0.25, 0.3) is 16.8 Å². The van der Waals surface area contributed by atoms with Gasteiger partial charge in [-0.1, -0.05) is 65.0 Å². The van der Waals surface area contributed by atoms with Gasteiger partial charge in [0.2, 0.25) is 5.95 Å². The molecule has 7 nitrogen and oxygen atoms in total. The average Bonchev–Trinajstić information content (AvgIpc) is 3.44. The van der Waals surface area contributed by atoms with E-state index in [1.807, 2.05) is 82.3 Å². The SMILES string of the molecule is COc1cc(C)c(/C(O)=C2\C(=O)C(=O)N(c3nc4ccc(C)cc4[nH]3)C2c2ccc(C(C)(C)C)cc2)cc1C(C)C. The number of hydrogen-bond donors (Lipinski definition) is 2. The predicted molar refractivity (Wildman–Crippen MR) is 163 cm³/mol. The van der Waals surface area contributed by atoms with E-state index in [9.17, 15) is 14.7 Å². The van der Waals surface area contributed by atoms with E-state index < -0.39 is 17.7 Å². The highest BCUT2D eigenvalue weighted by Gasteiger charge is 2.48. The number of hydrogen-bond acceptors (Lipinski definition) is 5. The number of aromatic nitrogens is 2. The zero-order chi connectivity index (χ0) is 29.8. The molecule has 3 aromatic carbocycles. The van der Waals surface area contributed by atoms with Crippen LogP contribution in [0.3, 0.4) is 0 Å². The number of carbonyl (C=O) groups excluding carboxylic acids is 2. The Hall–Kier alpha value is -4.39. The topological polar surface area (TPSA) is 95.5 Å². The van der Waals surface area contributed by atoms with Crippen LogP contribution in [-0.4, -0.2) is 33.9 Å². The summed E-state index contributed by atoms with van der Waals surface area (Å²) in [5.41, 5.74) is 6.37. The van der Waals surface area contributed by atoms with Crippen molar-refractivity contribution in [1.29, 1.82) is 0 Å². The Kier molecular flexibility index (Phi) is 7.02. The molecule has 1 fully saturated rings. The summed E-state index contributed by atoms with van der Waals surface area (Å²) in [6, 6.07) is 16.5.